The van der Waals surface area contributed by atoms with Crippen molar-refractivity contribution < 1.29 is 0 Å². The van der Waals surface area contributed by atoms with Crippen molar-refractivity contribution in [1.82, 2.24) is 15.3 Å². The van der Waals surface area contributed by atoms with E-state index in [1.54, 1.807) is 17.7 Å². The normalized spacial score (nSPS) is 14.9. The van der Waals surface area contributed by atoms with Crippen LogP contribution >= 0.6 is 11.3 Å². The van der Waals surface area contributed by atoms with Crippen LogP contribution < -0.4 is 5.32 Å². The summed E-state index contributed by atoms with van der Waals surface area (Å²) in [6.07, 6.45) is 1.72. The van der Waals surface area contributed by atoms with E-state index in [0.717, 1.165) is 11.4 Å². The number of hydrogen-bond acceptors (Lipinski definition) is 4. The molecule has 2 heterocycles. The maximum absolute atomic E-state index is 4.66. The molecule has 0 saturated carbocycles. The van der Waals surface area contributed by atoms with Crippen molar-refractivity contribution in [3.8, 4) is 0 Å². The smallest absolute Gasteiger partial charge is 0.127 e. The van der Waals surface area contributed by atoms with E-state index in [-0.39, 0.29) is 0 Å². The molecule has 2 unspecified atom stereocenters. The summed E-state index contributed by atoms with van der Waals surface area (Å²) >= 11 is 1.78. The van der Waals surface area contributed by atoms with E-state index in [2.05, 4.69) is 56.8 Å². The standard InChI is InChI=1S/C16H25N3S/c1-7-17-11(5)13(9(2)3)15-14-10(4)12(6)20-16(14)19-8-18-15/h8-9,11,13,17H,7H2,1-6H3. The first-order valence-corrected chi connectivity index (χ1v) is 8.23. The molecular weight excluding hydrogens is 266 g/mol. The van der Waals surface area contributed by atoms with Gasteiger partial charge in [-0.1, -0.05) is 20.8 Å². The molecule has 2 aromatic heterocycles. The predicted molar refractivity (Wildman–Crippen MR) is 87.6 cm³/mol. The predicted octanol–water partition coefficient (Wildman–Crippen LogP) is 4.05. The van der Waals surface area contributed by atoms with E-state index in [0.29, 0.717) is 17.9 Å². The summed E-state index contributed by atoms with van der Waals surface area (Å²) in [6.45, 7) is 14.3. The maximum Gasteiger partial charge on any atom is 0.127 e. The van der Waals surface area contributed by atoms with E-state index in [9.17, 15) is 0 Å². The fraction of sp³-hybridized carbons (Fsp3) is 0.625. The Hall–Kier alpha value is -1.00. The highest BCUT2D eigenvalue weighted by molar-refractivity contribution is 7.18. The Balaban J connectivity index is 2.59. The topological polar surface area (TPSA) is 37.8 Å². The number of thiophene rings is 1. The number of nitrogens with one attached hydrogen (secondary N) is 1. The van der Waals surface area contributed by atoms with E-state index >= 15 is 0 Å². The van der Waals surface area contributed by atoms with Gasteiger partial charge in [0.15, 0.2) is 0 Å². The molecule has 0 amide bonds. The number of aryl methyl sites for hydroxylation is 2. The molecule has 0 aliphatic rings. The third-order valence-electron chi connectivity index (χ3n) is 4.09. The Kier molecular flexibility index (Phi) is 4.76. The Labute approximate surface area is 125 Å². The van der Waals surface area contributed by atoms with Crippen LogP contribution in [0, 0.1) is 19.8 Å². The van der Waals surface area contributed by atoms with Crippen LogP contribution in [0.4, 0.5) is 0 Å². The van der Waals surface area contributed by atoms with Gasteiger partial charge in [0.1, 0.15) is 11.2 Å². The van der Waals surface area contributed by atoms with Gasteiger partial charge in [-0.2, -0.15) is 0 Å². The first kappa shape index (κ1) is 15.4. The zero-order valence-corrected chi connectivity index (χ0v) is 14.1. The number of nitrogens with zero attached hydrogens (tertiary/aromatic N) is 2. The number of likely N-dealkylation sites (N-methyl/N-ethyl adjacent to an activating group) is 1. The summed E-state index contributed by atoms with van der Waals surface area (Å²) in [5, 5.41) is 4.84. The van der Waals surface area contributed by atoms with Crippen LogP contribution in [0.25, 0.3) is 10.2 Å². The molecule has 4 heteroatoms. The van der Waals surface area contributed by atoms with Gasteiger partial charge in [-0.25, -0.2) is 9.97 Å². The molecule has 0 aliphatic heterocycles. The summed E-state index contributed by atoms with van der Waals surface area (Å²) in [4.78, 5) is 11.6. The van der Waals surface area contributed by atoms with Crippen LogP contribution in [0.3, 0.4) is 0 Å². The highest BCUT2D eigenvalue weighted by atomic mass is 32.1. The molecule has 0 fully saturated rings. The molecule has 0 radical (unpaired) electrons. The molecule has 1 N–H and O–H groups in total. The molecule has 2 rings (SSSR count). The van der Waals surface area contributed by atoms with Gasteiger partial charge in [0.25, 0.3) is 0 Å². The molecular formula is C16H25N3S. The molecule has 0 aliphatic carbocycles. The lowest BCUT2D eigenvalue weighted by atomic mass is 9.84. The fourth-order valence-corrected chi connectivity index (χ4v) is 4.05. The van der Waals surface area contributed by atoms with Crippen LogP contribution in [-0.2, 0) is 0 Å². The van der Waals surface area contributed by atoms with Gasteiger partial charge in [-0.3, -0.25) is 0 Å². The second-order valence-electron chi connectivity index (χ2n) is 5.84. The van der Waals surface area contributed by atoms with E-state index in [4.69, 9.17) is 0 Å². The van der Waals surface area contributed by atoms with Crippen molar-refractivity contribution in [3.63, 3.8) is 0 Å². The van der Waals surface area contributed by atoms with Crippen molar-refractivity contribution in [3.05, 3.63) is 22.5 Å². The van der Waals surface area contributed by atoms with Crippen LogP contribution in [0.15, 0.2) is 6.33 Å². The highest BCUT2D eigenvalue weighted by Gasteiger charge is 2.27. The average molecular weight is 291 g/mol. The van der Waals surface area contributed by atoms with Crippen molar-refractivity contribution in [2.45, 2.75) is 53.5 Å². The minimum Gasteiger partial charge on any atom is -0.314 e. The Morgan fingerprint density at radius 1 is 1.20 bits per heavy atom. The first-order chi connectivity index (χ1) is 9.47. The summed E-state index contributed by atoms with van der Waals surface area (Å²) in [6, 6.07) is 0.415. The van der Waals surface area contributed by atoms with Gasteiger partial charge < -0.3 is 5.32 Å². The van der Waals surface area contributed by atoms with Crippen molar-refractivity contribution in [1.29, 1.82) is 0 Å². The summed E-state index contributed by atoms with van der Waals surface area (Å²) in [5.41, 5.74) is 2.55. The third kappa shape index (κ3) is 2.72. The Morgan fingerprint density at radius 2 is 1.90 bits per heavy atom. The van der Waals surface area contributed by atoms with E-state index in [1.165, 1.54) is 21.5 Å². The Bertz CT molecular complexity index is 589. The number of rotatable bonds is 5. The minimum absolute atomic E-state index is 0.410. The number of aromatic nitrogens is 2. The van der Waals surface area contributed by atoms with Crippen molar-refractivity contribution >= 4 is 21.6 Å². The SMILES string of the molecule is CCNC(C)C(c1ncnc2sc(C)c(C)c12)C(C)C. The molecule has 2 aromatic rings. The summed E-state index contributed by atoms with van der Waals surface area (Å²) in [7, 11) is 0. The zero-order chi connectivity index (χ0) is 14.9. The number of hydrogen-bond donors (Lipinski definition) is 1. The average Bonchev–Trinajstić information content (AvgIpc) is 2.66. The summed E-state index contributed by atoms with van der Waals surface area (Å²) in [5.74, 6) is 0.954. The largest absolute Gasteiger partial charge is 0.314 e. The van der Waals surface area contributed by atoms with E-state index < -0.39 is 0 Å². The van der Waals surface area contributed by atoms with Gasteiger partial charge in [0.2, 0.25) is 0 Å². The van der Waals surface area contributed by atoms with E-state index in [1.807, 2.05) is 0 Å². The highest BCUT2D eigenvalue weighted by Crippen LogP contribution is 2.36. The minimum atomic E-state index is 0.410. The van der Waals surface area contributed by atoms with Crippen LogP contribution in [0.5, 0.6) is 0 Å². The van der Waals surface area contributed by atoms with Crippen molar-refractivity contribution in [2.24, 2.45) is 5.92 Å². The second-order valence-corrected chi connectivity index (χ2v) is 7.04. The monoisotopic (exact) mass is 291 g/mol. The van der Waals surface area contributed by atoms with Crippen LogP contribution in [-0.4, -0.2) is 22.6 Å². The van der Waals surface area contributed by atoms with Gasteiger partial charge in [0.05, 0.1) is 5.69 Å². The molecule has 0 saturated heterocycles. The molecule has 110 valence electrons. The van der Waals surface area contributed by atoms with Crippen LogP contribution in [0.2, 0.25) is 0 Å². The molecule has 0 bridgehead atoms. The lowest BCUT2D eigenvalue weighted by molar-refractivity contribution is 0.378. The molecule has 0 aromatic carbocycles. The number of fused-ring (bicyclic) bond motifs is 1. The quantitative estimate of drug-likeness (QED) is 0.903. The molecule has 20 heavy (non-hydrogen) atoms. The second kappa shape index (κ2) is 6.19. The van der Waals surface area contributed by atoms with Gasteiger partial charge in [-0.05, 0) is 38.8 Å². The zero-order valence-electron chi connectivity index (χ0n) is 13.3. The Morgan fingerprint density at radius 3 is 2.50 bits per heavy atom. The van der Waals surface area contributed by atoms with Crippen molar-refractivity contribution in [2.75, 3.05) is 6.54 Å². The lowest BCUT2D eigenvalue weighted by Crippen LogP contribution is -2.35. The molecule has 0 spiro atoms. The van der Waals surface area contributed by atoms with Crippen LogP contribution in [0.1, 0.15) is 49.7 Å². The molecule has 2 atom stereocenters. The summed E-state index contributed by atoms with van der Waals surface area (Å²) < 4.78 is 0. The van der Waals surface area contributed by atoms with Gasteiger partial charge in [-0.15, -0.1) is 11.3 Å². The maximum atomic E-state index is 4.66. The molecule has 3 nitrogen and oxygen atoms in total. The van der Waals surface area contributed by atoms with Gasteiger partial charge >= 0.3 is 0 Å². The van der Waals surface area contributed by atoms with Gasteiger partial charge in [0, 0.05) is 22.2 Å². The lowest BCUT2D eigenvalue weighted by Gasteiger charge is -2.28. The fourth-order valence-electron chi connectivity index (χ4n) is 3.04. The first-order valence-electron chi connectivity index (χ1n) is 7.41. The third-order valence-corrected chi connectivity index (χ3v) is 5.21.